The van der Waals surface area contributed by atoms with Crippen molar-refractivity contribution in [2.24, 2.45) is 0 Å². The summed E-state index contributed by atoms with van der Waals surface area (Å²) in [6.07, 6.45) is 2.24. The molecule has 6 nitrogen and oxygen atoms in total. The molecule has 1 atom stereocenters. The Hall–Kier alpha value is -1.61. The van der Waals surface area contributed by atoms with Crippen LogP contribution in [0, 0.1) is 0 Å². The van der Waals surface area contributed by atoms with Crippen molar-refractivity contribution in [1.82, 2.24) is 9.62 Å². The molecule has 0 spiro atoms. The van der Waals surface area contributed by atoms with Crippen LogP contribution in [0.4, 0.5) is 0 Å². The van der Waals surface area contributed by atoms with E-state index < -0.39 is 10.0 Å². The van der Waals surface area contributed by atoms with Crippen molar-refractivity contribution >= 4 is 26.0 Å². The summed E-state index contributed by atoms with van der Waals surface area (Å²) in [6, 6.07) is 12.7. The van der Waals surface area contributed by atoms with E-state index in [-0.39, 0.29) is 17.5 Å². The van der Waals surface area contributed by atoms with E-state index in [0.717, 1.165) is 37.2 Å². The van der Waals surface area contributed by atoms with E-state index in [1.165, 1.54) is 7.11 Å². The first kappa shape index (κ1) is 21.1. The van der Waals surface area contributed by atoms with Crippen molar-refractivity contribution in [3.63, 3.8) is 0 Å². The highest BCUT2D eigenvalue weighted by atomic mass is 79.9. The molecule has 1 fully saturated rings. The second-order valence-electron chi connectivity index (χ2n) is 6.68. The molecule has 1 N–H and O–H groups in total. The number of benzene rings is 2. The van der Waals surface area contributed by atoms with Gasteiger partial charge in [0.05, 0.1) is 14.2 Å². The van der Waals surface area contributed by atoms with Crippen LogP contribution in [-0.2, 0) is 10.0 Å². The fraction of sp³-hybridized carbons (Fsp3) is 0.400. The first-order valence-electron chi connectivity index (χ1n) is 9.16. The zero-order valence-electron chi connectivity index (χ0n) is 16.0. The predicted octanol–water partition coefficient (Wildman–Crippen LogP) is 3.58. The van der Waals surface area contributed by atoms with Crippen molar-refractivity contribution in [3.8, 4) is 11.5 Å². The van der Waals surface area contributed by atoms with Gasteiger partial charge >= 0.3 is 0 Å². The van der Waals surface area contributed by atoms with Crippen LogP contribution in [0.2, 0.25) is 0 Å². The van der Waals surface area contributed by atoms with Gasteiger partial charge in [-0.3, -0.25) is 4.90 Å². The summed E-state index contributed by atoms with van der Waals surface area (Å²) < 4.78 is 40.0. The molecule has 0 aromatic heterocycles. The minimum Gasteiger partial charge on any atom is -0.497 e. The smallest absolute Gasteiger partial charge is 0.244 e. The largest absolute Gasteiger partial charge is 0.497 e. The zero-order chi connectivity index (χ0) is 20.1. The maximum Gasteiger partial charge on any atom is 0.244 e. The molecule has 152 valence electrons. The fourth-order valence-electron chi connectivity index (χ4n) is 3.49. The molecule has 28 heavy (non-hydrogen) atoms. The Bertz CT molecular complexity index is 914. The number of nitrogens with one attached hydrogen (secondary N) is 1. The third kappa shape index (κ3) is 4.86. The van der Waals surface area contributed by atoms with Crippen LogP contribution in [0.1, 0.15) is 24.4 Å². The lowest BCUT2D eigenvalue weighted by molar-refractivity contribution is 0.246. The second kappa shape index (κ2) is 9.26. The van der Waals surface area contributed by atoms with Gasteiger partial charge in [-0.05, 0) is 61.8 Å². The second-order valence-corrected chi connectivity index (χ2v) is 9.33. The first-order valence-corrected chi connectivity index (χ1v) is 11.4. The van der Waals surface area contributed by atoms with Crippen LogP contribution >= 0.6 is 15.9 Å². The SMILES string of the molecule is COc1cccc(C(CNS(=O)(=O)c2cc(Br)ccc2OC)N2CCCC2)c1. The third-order valence-corrected chi connectivity index (χ3v) is 6.88. The number of ether oxygens (including phenoxy) is 2. The molecular weight excluding hydrogens is 444 g/mol. The summed E-state index contributed by atoms with van der Waals surface area (Å²) in [6.45, 7) is 2.17. The topological polar surface area (TPSA) is 67.9 Å². The van der Waals surface area contributed by atoms with Gasteiger partial charge < -0.3 is 9.47 Å². The molecule has 0 aliphatic carbocycles. The van der Waals surface area contributed by atoms with Crippen LogP contribution in [-0.4, -0.2) is 47.2 Å². The molecule has 8 heteroatoms. The first-order chi connectivity index (χ1) is 13.4. The summed E-state index contributed by atoms with van der Waals surface area (Å²) in [5.74, 6) is 1.08. The summed E-state index contributed by atoms with van der Waals surface area (Å²) in [4.78, 5) is 2.44. The molecule has 2 aromatic carbocycles. The summed E-state index contributed by atoms with van der Waals surface area (Å²) in [5.41, 5.74) is 1.03. The Morgan fingerprint density at radius 3 is 2.54 bits per heavy atom. The van der Waals surface area contributed by atoms with Crippen LogP contribution in [0.3, 0.4) is 0 Å². The number of methoxy groups -OCH3 is 2. The summed E-state index contributed by atoms with van der Waals surface area (Å²) in [7, 11) is -0.642. The Kier molecular flexibility index (Phi) is 6.98. The number of sulfonamides is 1. The van der Waals surface area contributed by atoms with Gasteiger partial charge in [-0.25, -0.2) is 13.1 Å². The minimum absolute atomic E-state index is 0.0643. The average Bonchev–Trinajstić information content (AvgIpc) is 3.22. The number of likely N-dealkylation sites (tertiary alicyclic amines) is 1. The van der Waals surface area contributed by atoms with Crippen LogP contribution < -0.4 is 14.2 Å². The normalized spacial score (nSPS) is 16.1. The Morgan fingerprint density at radius 2 is 1.86 bits per heavy atom. The molecule has 1 unspecified atom stereocenters. The van der Waals surface area contributed by atoms with E-state index >= 15 is 0 Å². The van der Waals surface area contributed by atoms with Crippen molar-refractivity contribution in [1.29, 1.82) is 0 Å². The molecule has 0 amide bonds. The van der Waals surface area contributed by atoms with Gasteiger partial charge in [-0.1, -0.05) is 28.1 Å². The van der Waals surface area contributed by atoms with E-state index in [2.05, 4.69) is 25.6 Å². The van der Waals surface area contributed by atoms with Gasteiger partial charge in [0, 0.05) is 17.1 Å². The molecule has 0 bridgehead atoms. The number of hydrogen-bond donors (Lipinski definition) is 1. The van der Waals surface area contributed by atoms with Gasteiger partial charge in [0.1, 0.15) is 16.4 Å². The molecule has 1 saturated heterocycles. The Balaban J connectivity index is 1.86. The molecule has 1 heterocycles. The molecule has 0 saturated carbocycles. The van der Waals surface area contributed by atoms with Gasteiger partial charge in [-0.2, -0.15) is 0 Å². The van der Waals surface area contributed by atoms with Crippen LogP contribution in [0.15, 0.2) is 51.8 Å². The zero-order valence-corrected chi connectivity index (χ0v) is 18.4. The number of halogens is 1. The Morgan fingerprint density at radius 1 is 1.11 bits per heavy atom. The van der Waals surface area contributed by atoms with Gasteiger partial charge in [0.25, 0.3) is 0 Å². The van der Waals surface area contributed by atoms with E-state index in [1.807, 2.05) is 24.3 Å². The summed E-state index contributed by atoms with van der Waals surface area (Å²) in [5, 5.41) is 0. The molecule has 1 aliphatic heterocycles. The van der Waals surface area contributed by atoms with Crippen molar-refractivity contribution in [3.05, 3.63) is 52.5 Å². The average molecular weight is 469 g/mol. The van der Waals surface area contributed by atoms with Crippen molar-refractivity contribution in [2.75, 3.05) is 33.9 Å². The Labute approximate surface area is 175 Å². The fourth-order valence-corrected chi connectivity index (χ4v) is 5.23. The summed E-state index contributed by atoms with van der Waals surface area (Å²) >= 11 is 3.33. The lowest BCUT2D eigenvalue weighted by Crippen LogP contribution is -2.36. The minimum atomic E-state index is -3.74. The maximum absolute atomic E-state index is 13.0. The van der Waals surface area contributed by atoms with Gasteiger partial charge in [0.15, 0.2) is 0 Å². The van der Waals surface area contributed by atoms with Gasteiger partial charge in [-0.15, -0.1) is 0 Å². The van der Waals surface area contributed by atoms with E-state index in [0.29, 0.717) is 10.2 Å². The lowest BCUT2D eigenvalue weighted by atomic mass is 10.1. The highest BCUT2D eigenvalue weighted by Gasteiger charge is 2.27. The van der Waals surface area contributed by atoms with Crippen LogP contribution in [0.25, 0.3) is 0 Å². The van der Waals surface area contributed by atoms with Crippen molar-refractivity contribution < 1.29 is 17.9 Å². The monoisotopic (exact) mass is 468 g/mol. The number of hydrogen-bond acceptors (Lipinski definition) is 5. The maximum atomic E-state index is 13.0. The van der Waals surface area contributed by atoms with E-state index in [1.54, 1.807) is 25.3 Å². The number of nitrogens with zero attached hydrogens (tertiary/aromatic N) is 1. The standard InChI is InChI=1S/C20H25BrN2O4S/c1-26-17-7-5-6-15(12-17)18(23-10-3-4-11-23)14-22-28(24,25)20-13-16(21)8-9-19(20)27-2/h5-9,12-13,18,22H,3-4,10-11,14H2,1-2H3. The number of rotatable bonds is 8. The highest BCUT2D eigenvalue weighted by Crippen LogP contribution is 2.30. The molecular formula is C20H25BrN2O4S. The molecule has 1 aliphatic rings. The van der Waals surface area contributed by atoms with Crippen molar-refractivity contribution in [2.45, 2.75) is 23.8 Å². The highest BCUT2D eigenvalue weighted by molar-refractivity contribution is 9.10. The predicted molar refractivity (Wildman–Crippen MR) is 112 cm³/mol. The van der Waals surface area contributed by atoms with E-state index in [4.69, 9.17) is 9.47 Å². The molecule has 0 radical (unpaired) electrons. The van der Waals surface area contributed by atoms with E-state index in [9.17, 15) is 8.42 Å². The molecule has 3 rings (SSSR count). The third-order valence-electron chi connectivity index (χ3n) is 4.94. The lowest BCUT2D eigenvalue weighted by Gasteiger charge is -2.28. The van der Waals surface area contributed by atoms with Crippen LogP contribution in [0.5, 0.6) is 11.5 Å². The molecule has 2 aromatic rings. The quantitative estimate of drug-likeness (QED) is 0.640. The van der Waals surface area contributed by atoms with Gasteiger partial charge in [0.2, 0.25) is 10.0 Å².